The van der Waals surface area contributed by atoms with Crippen molar-refractivity contribution in [3.8, 4) is 5.75 Å². The van der Waals surface area contributed by atoms with Gasteiger partial charge >= 0.3 is 0 Å². The highest BCUT2D eigenvalue weighted by Gasteiger charge is 2.14. The molecule has 7 heteroatoms. The van der Waals surface area contributed by atoms with Gasteiger partial charge in [0.2, 0.25) is 0 Å². The third kappa shape index (κ3) is 9.62. The first kappa shape index (κ1) is 24.0. The van der Waals surface area contributed by atoms with Crippen molar-refractivity contribution >= 4 is 29.9 Å². The standard InChI is InChI=1S/C20H33N3O3.HI/c1-4-21-20(22-8-6-9-25-15-18-7-5-10-26-18)23-14-17-11-16(2)12-19(13-17)24-3;/h11-13,18H,4-10,14-15H2,1-3H3,(H2,21,22,23);1H. The van der Waals surface area contributed by atoms with Crippen molar-refractivity contribution in [3.05, 3.63) is 29.3 Å². The number of hydrogen-bond donors (Lipinski definition) is 2. The van der Waals surface area contributed by atoms with E-state index in [4.69, 9.17) is 14.2 Å². The topological polar surface area (TPSA) is 64.1 Å². The van der Waals surface area contributed by atoms with Gasteiger partial charge in [0, 0.05) is 26.3 Å². The van der Waals surface area contributed by atoms with E-state index < -0.39 is 0 Å². The van der Waals surface area contributed by atoms with Crippen LogP contribution in [-0.2, 0) is 16.0 Å². The van der Waals surface area contributed by atoms with E-state index in [2.05, 4.69) is 35.5 Å². The van der Waals surface area contributed by atoms with Gasteiger partial charge in [0.1, 0.15) is 5.75 Å². The van der Waals surface area contributed by atoms with Crippen LogP contribution in [0.25, 0.3) is 0 Å². The smallest absolute Gasteiger partial charge is 0.191 e. The predicted octanol–water partition coefficient (Wildman–Crippen LogP) is 3.26. The zero-order valence-electron chi connectivity index (χ0n) is 16.8. The van der Waals surface area contributed by atoms with Gasteiger partial charge in [0.15, 0.2) is 5.96 Å². The second kappa shape index (κ2) is 14.0. The van der Waals surface area contributed by atoms with Crippen LogP contribution in [0.1, 0.15) is 37.3 Å². The minimum atomic E-state index is 0. The fraction of sp³-hybridized carbons (Fsp3) is 0.650. The summed E-state index contributed by atoms with van der Waals surface area (Å²) in [7, 11) is 1.69. The Balaban J connectivity index is 0.00000364. The highest BCUT2D eigenvalue weighted by Crippen LogP contribution is 2.17. The minimum Gasteiger partial charge on any atom is -0.497 e. The molecule has 1 unspecified atom stereocenters. The summed E-state index contributed by atoms with van der Waals surface area (Å²) in [5.41, 5.74) is 2.31. The molecular weight excluding hydrogens is 457 g/mol. The first-order valence-electron chi connectivity index (χ1n) is 9.57. The molecule has 1 aliphatic rings. The number of nitrogens with one attached hydrogen (secondary N) is 2. The molecule has 1 aliphatic heterocycles. The summed E-state index contributed by atoms with van der Waals surface area (Å²) in [4.78, 5) is 4.66. The number of halogens is 1. The maximum Gasteiger partial charge on any atom is 0.191 e. The van der Waals surface area contributed by atoms with Crippen molar-refractivity contribution < 1.29 is 14.2 Å². The van der Waals surface area contributed by atoms with E-state index in [1.54, 1.807) is 7.11 Å². The molecule has 0 spiro atoms. The fourth-order valence-electron chi connectivity index (χ4n) is 2.92. The number of ether oxygens (including phenoxy) is 3. The predicted molar refractivity (Wildman–Crippen MR) is 120 cm³/mol. The van der Waals surface area contributed by atoms with E-state index in [1.165, 1.54) is 5.56 Å². The van der Waals surface area contributed by atoms with E-state index >= 15 is 0 Å². The monoisotopic (exact) mass is 491 g/mol. The van der Waals surface area contributed by atoms with E-state index in [1.807, 2.05) is 12.1 Å². The maximum absolute atomic E-state index is 5.69. The van der Waals surface area contributed by atoms with Crippen LogP contribution in [-0.4, -0.2) is 52.1 Å². The second-order valence-electron chi connectivity index (χ2n) is 6.54. The molecule has 2 N–H and O–H groups in total. The summed E-state index contributed by atoms with van der Waals surface area (Å²) >= 11 is 0. The Morgan fingerprint density at radius 2 is 2.15 bits per heavy atom. The summed E-state index contributed by atoms with van der Waals surface area (Å²) in [6.07, 6.45) is 3.52. The lowest BCUT2D eigenvalue weighted by atomic mass is 10.1. The lowest BCUT2D eigenvalue weighted by molar-refractivity contribution is 0.0168. The average molecular weight is 491 g/mol. The number of rotatable bonds is 10. The zero-order chi connectivity index (χ0) is 18.6. The van der Waals surface area contributed by atoms with E-state index in [-0.39, 0.29) is 24.0 Å². The van der Waals surface area contributed by atoms with E-state index in [0.29, 0.717) is 19.3 Å². The molecule has 6 nitrogen and oxygen atoms in total. The summed E-state index contributed by atoms with van der Waals surface area (Å²) in [5.74, 6) is 1.70. The van der Waals surface area contributed by atoms with Gasteiger partial charge in [0.25, 0.3) is 0 Å². The van der Waals surface area contributed by atoms with Crippen LogP contribution >= 0.6 is 24.0 Å². The molecule has 0 amide bonds. The van der Waals surface area contributed by atoms with E-state index in [0.717, 1.165) is 62.8 Å². The second-order valence-corrected chi connectivity index (χ2v) is 6.54. The Kier molecular flexibility index (Phi) is 12.4. The largest absolute Gasteiger partial charge is 0.497 e. The minimum absolute atomic E-state index is 0. The molecule has 154 valence electrons. The van der Waals surface area contributed by atoms with Crippen LogP contribution in [0, 0.1) is 6.92 Å². The molecule has 1 atom stereocenters. The highest BCUT2D eigenvalue weighted by molar-refractivity contribution is 14.0. The Morgan fingerprint density at radius 3 is 2.85 bits per heavy atom. The number of guanidine groups is 1. The summed E-state index contributed by atoms with van der Waals surface area (Å²) in [5, 5.41) is 6.64. The number of aryl methyl sites for hydroxylation is 1. The quantitative estimate of drug-likeness (QED) is 0.228. The summed E-state index contributed by atoms with van der Waals surface area (Å²) in [6.45, 7) is 8.74. The van der Waals surface area contributed by atoms with Crippen molar-refractivity contribution in [1.82, 2.24) is 10.6 Å². The normalized spacial score (nSPS) is 16.7. The molecule has 1 aromatic carbocycles. The van der Waals surface area contributed by atoms with Crippen LogP contribution in [0.3, 0.4) is 0 Å². The SMILES string of the molecule is CCNC(=NCc1cc(C)cc(OC)c1)NCCCOCC1CCCO1.I. The molecule has 1 heterocycles. The Labute approximate surface area is 180 Å². The molecule has 1 fully saturated rings. The van der Waals surface area contributed by atoms with Gasteiger partial charge in [-0.2, -0.15) is 0 Å². The number of nitrogens with zero attached hydrogens (tertiary/aromatic N) is 1. The van der Waals surface area contributed by atoms with Crippen LogP contribution in [0.5, 0.6) is 5.75 Å². The van der Waals surface area contributed by atoms with E-state index in [9.17, 15) is 0 Å². The van der Waals surface area contributed by atoms with Crippen LogP contribution in [0.15, 0.2) is 23.2 Å². The number of aliphatic imine (C=N–C) groups is 1. The third-order valence-electron chi connectivity index (χ3n) is 4.20. The molecule has 1 saturated heterocycles. The molecule has 0 aliphatic carbocycles. The molecule has 1 aromatic rings. The Morgan fingerprint density at radius 1 is 1.30 bits per heavy atom. The van der Waals surface area contributed by atoms with Gasteiger partial charge in [-0.25, -0.2) is 4.99 Å². The van der Waals surface area contributed by atoms with Crippen molar-refractivity contribution in [2.24, 2.45) is 4.99 Å². The van der Waals surface area contributed by atoms with Gasteiger partial charge in [-0.15, -0.1) is 24.0 Å². The number of methoxy groups -OCH3 is 1. The van der Waals surface area contributed by atoms with Crippen LogP contribution in [0.2, 0.25) is 0 Å². The van der Waals surface area contributed by atoms with Gasteiger partial charge in [-0.3, -0.25) is 0 Å². The highest BCUT2D eigenvalue weighted by atomic mass is 127. The lowest BCUT2D eigenvalue weighted by Gasteiger charge is -2.13. The molecule has 0 radical (unpaired) electrons. The fourth-order valence-corrected chi connectivity index (χ4v) is 2.92. The summed E-state index contributed by atoms with van der Waals surface area (Å²) < 4.78 is 16.6. The zero-order valence-corrected chi connectivity index (χ0v) is 19.1. The maximum atomic E-state index is 5.69. The molecular formula is C20H34IN3O3. The molecule has 0 aromatic heterocycles. The number of benzene rings is 1. The van der Waals surface area contributed by atoms with Gasteiger partial charge < -0.3 is 24.8 Å². The van der Waals surface area contributed by atoms with Crippen LogP contribution in [0.4, 0.5) is 0 Å². The van der Waals surface area contributed by atoms with Crippen molar-refractivity contribution in [2.75, 3.05) is 40.0 Å². The first-order valence-corrected chi connectivity index (χ1v) is 9.57. The third-order valence-corrected chi connectivity index (χ3v) is 4.20. The molecule has 27 heavy (non-hydrogen) atoms. The van der Waals surface area contributed by atoms with Crippen molar-refractivity contribution in [1.29, 1.82) is 0 Å². The Bertz CT molecular complexity index is 563. The van der Waals surface area contributed by atoms with Crippen LogP contribution < -0.4 is 15.4 Å². The number of hydrogen-bond acceptors (Lipinski definition) is 4. The average Bonchev–Trinajstić information content (AvgIpc) is 3.15. The Hall–Kier alpha value is -1.06. The summed E-state index contributed by atoms with van der Waals surface area (Å²) in [6, 6.07) is 6.18. The first-order chi connectivity index (χ1) is 12.7. The van der Waals surface area contributed by atoms with Crippen molar-refractivity contribution in [2.45, 2.75) is 45.8 Å². The molecule has 0 bridgehead atoms. The lowest BCUT2D eigenvalue weighted by Crippen LogP contribution is -2.38. The molecule has 2 rings (SSSR count). The van der Waals surface area contributed by atoms with Gasteiger partial charge in [-0.05, 0) is 56.4 Å². The molecule has 0 saturated carbocycles. The van der Waals surface area contributed by atoms with Gasteiger partial charge in [-0.1, -0.05) is 6.07 Å². The van der Waals surface area contributed by atoms with Gasteiger partial charge in [0.05, 0.1) is 26.4 Å². The van der Waals surface area contributed by atoms with Crippen molar-refractivity contribution in [3.63, 3.8) is 0 Å².